The van der Waals surface area contributed by atoms with Crippen LogP contribution in [0, 0.1) is 27.7 Å². The van der Waals surface area contributed by atoms with E-state index in [1.165, 1.54) is 11.3 Å². The summed E-state index contributed by atoms with van der Waals surface area (Å²) in [7, 11) is -4.00. The Morgan fingerprint density at radius 2 is 1.46 bits per heavy atom. The molecule has 0 spiro atoms. The summed E-state index contributed by atoms with van der Waals surface area (Å²) in [6, 6.07) is 19.9. The van der Waals surface area contributed by atoms with Gasteiger partial charge in [-0.1, -0.05) is 76.6 Å². The number of sulfonamides is 1. The van der Waals surface area contributed by atoms with E-state index in [0.717, 1.165) is 32.1 Å². The third-order valence-corrected chi connectivity index (χ3v) is 8.15. The third kappa shape index (κ3) is 5.58. The molecular formula is C26H26N4O3S2. The van der Waals surface area contributed by atoms with Crippen molar-refractivity contribution in [2.75, 3.05) is 16.2 Å². The van der Waals surface area contributed by atoms with E-state index in [0.29, 0.717) is 15.8 Å². The second kappa shape index (κ2) is 9.97. The van der Waals surface area contributed by atoms with E-state index in [9.17, 15) is 13.2 Å². The average molecular weight is 507 g/mol. The first-order chi connectivity index (χ1) is 16.6. The van der Waals surface area contributed by atoms with Crippen molar-refractivity contribution in [3.63, 3.8) is 0 Å². The highest BCUT2D eigenvalue weighted by Gasteiger charge is 2.28. The molecule has 0 bridgehead atoms. The fraction of sp³-hybridized carbons (Fsp3) is 0.192. The van der Waals surface area contributed by atoms with Gasteiger partial charge >= 0.3 is 0 Å². The number of rotatable bonds is 7. The Hall–Kier alpha value is -3.56. The zero-order valence-corrected chi connectivity index (χ0v) is 21.6. The lowest BCUT2D eigenvalue weighted by Gasteiger charge is -2.25. The highest BCUT2D eigenvalue weighted by molar-refractivity contribution is 7.92. The molecule has 1 heterocycles. The molecule has 1 aromatic heterocycles. The van der Waals surface area contributed by atoms with Crippen LogP contribution in [0.4, 0.5) is 10.8 Å². The van der Waals surface area contributed by atoms with Gasteiger partial charge in [0.2, 0.25) is 11.0 Å². The van der Waals surface area contributed by atoms with Gasteiger partial charge in [0.05, 0.1) is 10.6 Å². The maximum absolute atomic E-state index is 13.6. The molecule has 3 aromatic carbocycles. The van der Waals surface area contributed by atoms with E-state index in [4.69, 9.17) is 0 Å². The van der Waals surface area contributed by atoms with Gasteiger partial charge in [-0.2, -0.15) is 0 Å². The first-order valence-corrected chi connectivity index (χ1v) is 13.3. The van der Waals surface area contributed by atoms with Gasteiger partial charge in [0, 0.05) is 5.56 Å². The van der Waals surface area contributed by atoms with E-state index in [1.54, 1.807) is 30.3 Å². The van der Waals surface area contributed by atoms with Crippen LogP contribution >= 0.6 is 11.3 Å². The predicted molar refractivity (Wildman–Crippen MR) is 140 cm³/mol. The van der Waals surface area contributed by atoms with Crippen molar-refractivity contribution in [3.05, 3.63) is 89.0 Å². The second-order valence-corrected chi connectivity index (χ2v) is 11.3. The van der Waals surface area contributed by atoms with Crippen LogP contribution in [0.1, 0.15) is 22.3 Å². The molecule has 0 radical (unpaired) electrons. The van der Waals surface area contributed by atoms with E-state index < -0.39 is 22.5 Å². The maximum atomic E-state index is 13.6. The van der Waals surface area contributed by atoms with Crippen molar-refractivity contribution >= 4 is 38.1 Å². The van der Waals surface area contributed by atoms with E-state index in [1.807, 2.05) is 64.1 Å². The van der Waals surface area contributed by atoms with Gasteiger partial charge in [-0.05, 0) is 51.5 Å². The Labute approximate surface area is 209 Å². The number of nitrogens with zero attached hydrogens (tertiary/aromatic N) is 3. The van der Waals surface area contributed by atoms with Gasteiger partial charge in [0.1, 0.15) is 11.6 Å². The van der Waals surface area contributed by atoms with Crippen LogP contribution in [0.5, 0.6) is 0 Å². The molecule has 0 aliphatic carbocycles. The highest BCUT2D eigenvalue weighted by atomic mass is 32.2. The number of carbonyl (C=O) groups is 1. The molecule has 1 amide bonds. The van der Waals surface area contributed by atoms with Crippen LogP contribution in [0.25, 0.3) is 10.6 Å². The minimum Gasteiger partial charge on any atom is -0.299 e. The van der Waals surface area contributed by atoms with Crippen molar-refractivity contribution in [1.82, 2.24) is 10.2 Å². The molecule has 1 N–H and O–H groups in total. The van der Waals surface area contributed by atoms with Gasteiger partial charge in [0.15, 0.2) is 0 Å². The fourth-order valence-electron chi connectivity index (χ4n) is 3.60. The number of amides is 1. The summed E-state index contributed by atoms with van der Waals surface area (Å²) >= 11 is 1.23. The van der Waals surface area contributed by atoms with Crippen LogP contribution in [0.2, 0.25) is 0 Å². The Morgan fingerprint density at radius 1 is 0.857 bits per heavy atom. The van der Waals surface area contributed by atoms with Crippen molar-refractivity contribution in [1.29, 1.82) is 0 Å². The highest BCUT2D eigenvalue weighted by Crippen LogP contribution is 2.29. The Balaban J connectivity index is 1.61. The molecule has 0 fully saturated rings. The number of nitrogens with one attached hydrogen (secondary N) is 1. The molecule has 4 rings (SSSR count). The molecule has 0 unspecified atom stereocenters. The smallest absolute Gasteiger partial charge is 0.264 e. The maximum Gasteiger partial charge on any atom is 0.264 e. The molecule has 0 saturated heterocycles. The normalized spacial score (nSPS) is 11.3. The van der Waals surface area contributed by atoms with Crippen molar-refractivity contribution in [3.8, 4) is 10.6 Å². The van der Waals surface area contributed by atoms with Crippen LogP contribution in [-0.4, -0.2) is 31.1 Å². The van der Waals surface area contributed by atoms with Crippen LogP contribution in [0.15, 0.2) is 71.6 Å². The lowest BCUT2D eigenvalue weighted by Crippen LogP contribution is -2.38. The van der Waals surface area contributed by atoms with Crippen LogP contribution in [-0.2, 0) is 14.8 Å². The van der Waals surface area contributed by atoms with Gasteiger partial charge in [-0.25, -0.2) is 8.42 Å². The topological polar surface area (TPSA) is 92.3 Å². The van der Waals surface area contributed by atoms with Crippen molar-refractivity contribution in [2.45, 2.75) is 32.6 Å². The van der Waals surface area contributed by atoms with Gasteiger partial charge in [-0.3, -0.25) is 14.4 Å². The van der Waals surface area contributed by atoms with Crippen molar-refractivity contribution < 1.29 is 13.2 Å². The number of benzene rings is 3. The molecule has 180 valence electrons. The Bertz CT molecular complexity index is 1460. The summed E-state index contributed by atoms with van der Waals surface area (Å²) in [6.07, 6.45) is 0. The fourth-order valence-corrected chi connectivity index (χ4v) is 5.85. The molecular weight excluding hydrogens is 480 g/mol. The monoisotopic (exact) mass is 506 g/mol. The van der Waals surface area contributed by atoms with E-state index in [2.05, 4.69) is 15.5 Å². The molecule has 4 aromatic rings. The largest absolute Gasteiger partial charge is 0.299 e. The van der Waals surface area contributed by atoms with Gasteiger partial charge < -0.3 is 0 Å². The van der Waals surface area contributed by atoms with E-state index >= 15 is 0 Å². The average Bonchev–Trinajstić information content (AvgIpc) is 3.27. The number of hydrogen-bond acceptors (Lipinski definition) is 6. The summed E-state index contributed by atoms with van der Waals surface area (Å²) < 4.78 is 28.4. The molecule has 9 heteroatoms. The number of carbonyl (C=O) groups excluding carboxylic acids is 1. The van der Waals surface area contributed by atoms with Gasteiger partial charge in [0.25, 0.3) is 10.0 Å². The molecule has 7 nitrogen and oxygen atoms in total. The number of aromatic nitrogens is 2. The van der Waals surface area contributed by atoms with Gasteiger partial charge in [-0.15, -0.1) is 10.2 Å². The summed E-state index contributed by atoms with van der Waals surface area (Å²) in [5, 5.41) is 11.9. The summed E-state index contributed by atoms with van der Waals surface area (Å²) in [5.74, 6) is -0.507. The quantitative estimate of drug-likeness (QED) is 0.369. The minimum absolute atomic E-state index is 0.119. The first kappa shape index (κ1) is 24.6. The summed E-state index contributed by atoms with van der Waals surface area (Å²) in [4.78, 5) is 13.1. The number of anilines is 2. The predicted octanol–water partition coefficient (Wildman–Crippen LogP) is 5.27. The summed E-state index contributed by atoms with van der Waals surface area (Å²) in [6.45, 7) is 7.25. The molecule has 0 atom stereocenters. The van der Waals surface area contributed by atoms with Crippen molar-refractivity contribution in [2.24, 2.45) is 0 Å². The third-order valence-electron chi connectivity index (χ3n) is 5.49. The zero-order chi connectivity index (χ0) is 25.2. The number of hydrogen-bond donors (Lipinski definition) is 1. The Kier molecular flexibility index (Phi) is 7.00. The SMILES string of the molecule is Cc1ccc(-c2nnc(NC(=O)CN(c3ccc(C)cc3C)S(=O)(=O)c3ccc(C)cc3)s2)cc1. The minimum atomic E-state index is -4.00. The molecule has 0 aliphatic heterocycles. The first-order valence-electron chi connectivity index (χ1n) is 11.0. The van der Waals surface area contributed by atoms with Crippen LogP contribution in [0.3, 0.4) is 0 Å². The molecule has 0 aliphatic rings. The Morgan fingerprint density at radius 3 is 2.09 bits per heavy atom. The lowest BCUT2D eigenvalue weighted by atomic mass is 10.1. The number of aryl methyl sites for hydroxylation is 4. The van der Waals surface area contributed by atoms with Crippen LogP contribution < -0.4 is 9.62 Å². The van der Waals surface area contributed by atoms with E-state index in [-0.39, 0.29) is 4.90 Å². The lowest BCUT2D eigenvalue weighted by molar-refractivity contribution is -0.114. The zero-order valence-electron chi connectivity index (χ0n) is 19.9. The summed E-state index contributed by atoms with van der Waals surface area (Å²) in [5.41, 5.74) is 5.18. The second-order valence-electron chi connectivity index (χ2n) is 8.44. The molecule has 35 heavy (non-hydrogen) atoms. The molecule has 0 saturated carbocycles. The standard InChI is InChI=1S/C26H26N4O3S2/c1-17-5-10-21(11-6-17)25-28-29-26(34-25)27-24(31)16-30(23-14-9-19(3)15-20(23)4)35(32,33)22-12-7-18(2)8-13-22/h5-15H,16H2,1-4H3,(H,27,29,31).